The predicted molar refractivity (Wildman–Crippen MR) is 76.9 cm³/mol. The van der Waals surface area contributed by atoms with E-state index in [1.54, 1.807) is 0 Å². The highest BCUT2D eigenvalue weighted by Crippen LogP contribution is 2.14. The van der Waals surface area contributed by atoms with Gasteiger partial charge in [0.1, 0.15) is 0 Å². The maximum Gasteiger partial charge on any atom is 0.0409 e. The molecule has 0 bridgehead atoms. The van der Waals surface area contributed by atoms with Crippen LogP contribution in [0.2, 0.25) is 5.02 Å². The van der Waals surface area contributed by atoms with Crippen molar-refractivity contribution in [3.05, 3.63) is 57.9 Å². The molecule has 1 aromatic heterocycles. The van der Waals surface area contributed by atoms with Crippen LogP contribution in [0.5, 0.6) is 0 Å². The molecule has 1 heterocycles. The predicted octanol–water partition coefficient (Wildman–Crippen LogP) is 3.59. The molecule has 0 aliphatic heterocycles. The van der Waals surface area contributed by atoms with Gasteiger partial charge in [0, 0.05) is 36.5 Å². The highest BCUT2D eigenvalue weighted by molar-refractivity contribution is 6.30. The smallest absolute Gasteiger partial charge is 0.0409 e. The van der Waals surface area contributed by atoms with Crippen LogP contribution in [0.4, 0.5) is 0 Å². The summed E-state index contributed by atoms with van der Waals surface area (Å²) >= 11 is 5.96. The van der Waals surface area contributed by atoms with E-state index in [9.17, 15) is 0 Å². The van der Waals surface area contributed by atoms with E-state index in [2.05, 4.69) is 42.9 Å². The SMILES string of the molecule is Cc1cc(CNCc2cccc(Cl)c2)c(C)n1C. The lowest BCUT2D eigenvalue weighted by molar-refractivity contribution is 0.687. The van der Waals surface area contributed by atoms with Gasteiger partial charge in [0.25, 0.3) is 0 Å². The van der Waals surface area contributed by atoms with Crippen LogP contribution >= 0.6 is 11.6 Å². The Morgan fingerprint density at radius 2 is 1.94 bits per heavy atom. The molecule has 1 aromatic carbocycles. The summed E-state index contributed by atoms with van der Waals surface area (Å²) in [4.78, 5) is 0. The zero-order chi connectivity index (χ0) is 13.1. The Labute approximate surface area is 114 Å². The number of rotatable bonds is 4. The van der Waals surface area contributed by atoms with Crippen molar-refractivity contribution in [3.8, 4) is 0 Å². The quantitative estimate of drug-likeness (QED) is 0.891. The molecule has 0 amide bonds. The molecule has 0 saturated carbocycles. The second-order valence-corrected chi connectivity index (χ2v) is 5.13. The number of nitrogens with one attached hydrogen (secondary N) is 1. The maximum atomic E-state index is 5.96. The molecule has 3 heteroatoms. The first-order chi connectivity index (χ1) is 8.58. The van der Waals surface area contributed by atoms with Gasteiger partial charge in [-0.1, -0.05) is 23.7 Å². The van der Waals surface area contributed by atoms with Gasteiger partial charge in [-0.15, -0.1) is 0 Å². The molecule has 0 unspecified atom stereocenters. The van der Waals surface area contributed by atoms with E-state index in [-0.39, 0.29) is 0 Å². The molecule has 0 aliphatic rings. The van der Waals surface area contributed by atoms with E-state index in [1.807, 2.05) is 18.2 Å². The standard InChI is InChI=1S/C15H19ClN2/c1-11-7-14(12(2)18(11)3)10-17-9-13-5-4-6-15(16)8-13/h4-8,17H,9-10H2,1-3H3. The highest BCUT2D eigenvalue weighted by atomic mass is 35.5. The third-order valence-corrected chi connectivity index (χ3v) is 3.65. The third-order valence-electron chi connectivity index (χ3n) is 3.41. The highest BCUT2D eigenvalue weighted by Gasteiger charge is 2.05. The molecule has 2 aromatic rings. The van der Waals surface area contributed by atoms with Crippen LogP contribution in [-0.2, 0) is 20.1 Å². The van der Waals surface area contributed by atoms with Gasteiger partial charge < -0.3 is 9.88 Å². The Morgan fingerprint density at radius 3 is 2.56 bits per heavy atom. The molecule has 18 heavy (non-hydrogen) atoms. The number of aryl methyl sites for hydroxylation is 1. The normalized spacial score (nSPS) is 10.9. The summed E-state index contributed by atoms with van der Waals surface area (Å²) in [6.45, 7) is 6.02. The van der Waals surface area contributed by atoms with Crippen molar-refractivity contribution in [2.75, 3.05) is 0 Å². The molecular formula is C15H19ClN2. The zero-order valence-corrected chi connectivity index (χ0v) is 11.9. The van der Waals surface area contributed by atoms with Crippen LogP contribution in [0, 0.1) is 13.8 Å². The van der Waals surface area contributed by atoms with E-state index in [0.29, 0.717) is 0 Å². The van der Waals surface area contributed by atoms with Crippen LogP contribution in [-0.4, -0.2) is 4.57 Å². The molecule has 2 rings (SSSR count). The monoisotopic (exact) mass is 262 g/mol. The summed E-state index contributed by atoms with van der Waals surface area (Å²) in [7, 11) is 2.10. The van der Waals surface area contributed by atoms with Gasteiger partial charge in [-0.3, -0.25) is 0 Å². The van der Waals surface area contributed by atoms with E-state index >= 15 is 0 Å². The minimum absolute atomic E-state index is 0.793. The number of halogens is 1. The Bertz CT molecular complexity index is 543. The van der Waals surface area contributed by atoms with Crippen molar-refractivity contribution in [2.45, 2.75) is 26.9 Å². The average molecular weight is 263 g/mol. The lowest BCUT2D eigenvalue weighted by atomic mass is 10.2. The summed E-state index contributed by atoms with van der Waals surface area (Å²) in [5.41, 5.74) is 5.20. The van der Waals surface area contributed by atoms with Crippen molar-refractivity contribution < 1.29 is 0 Å². The van der Waals surface area contributed by atoms with E-state index in [1.165, 1.54) is 22.5 Å². The molecule has 0 radical (unpaired) electrons. The van der Waals surface area contributed by atoms with E-state index in [4.69, 9.17) is 11.6 Å². The average Bonchev–Trinajstić information content (AvgIpc) is 2.57. The van der Waals surface area contributed by atoms with E-state index in [0.717, 1.165) is 18.1 Å². The molecule has 2 nitrogen and oxygen atoms in total. The molecule has 0 fully saturated rings. The van der Waals surface area contributed by atoms with Gasteiger partial charge >= 0.3 is 0 Å². The summed E-state index contributed by atoms with van der Waals surface area (Å²) in [6.07, 6.45) is 0. The second kappa shape index (κ2) is 5.59. The number of hydrogen-bond acceptors (Lipinski definition) is 1. The molecule has 0 atom stereocenters. The first kappa shape index (κ1) is 13.2. The van der Waals surface area contributed by atoms with Crippen molar-refractivity contribution in [2.24, 2.45) is 7.05 Å². The van der Waals surface area contributed by atoms with E-state index < -0.39 is 0 Å². The Balaban J connectivity index is 1.94. The van der Waals surface area contributed by atoms with Crippen LogP contribution in [0.3, 0.4) is 0 Å². The van der Waals surface area contributed by atoms with Crippen LogP contribution in [0.15, 0.2) is 30.3 Å². The molecule has 96 valence electrons. The molecule has 1 N–H and O–H groups in total. The summed E-state index contributed by atoms with van der Waals surface area (Å²) < 4.78 is 2.22. The minimum Gasteiger partial charge on any atom is -0.352 e. The van der Waals surface area contributed by atoms with Crippen LogP contribution in [0.1, 0.15) is 22.5 Å². The van der Waals surface area contributed by atoms with Gasteiger partial charge in [-0.05, 0) is 43.2 Å². The fourth-order valence-electron chi connectivity index (χ4n) is 2.10. The molecule has 0 spiro atoms. The Kier molecular flexibility index (Phi) is 4.10. The van der Waals surface area contributed by atoms with Gasteiger partial charge in [0.15, 0.2) is 0 Å². The minimum atomic E-state index is 0.793. The number of nitrogens with zero attached hydrogens (tertiary/aromatic N) is 1. The van der Waals surface area contributed by atoms with Crippen molar-refractivity contribution in [1.29, 1.82) is 0 Å². The fourth-order valence-corrected chi connectivity index (χ4v) is 2.31. The van der Waals surface area contributed by atoms with Crippen molar-refractivity contribution >= 4 is 11.6 Å². The van der Waals surface area contributed by atoms with Crippen LogP contribution in [0.25, 0.3) is 0 Å². The van der Waals surface area contributed by atoms with Gasteiger partial charge in [-0.2, -0.15) is 0 Å². The van der Waals surface area contributed by atoms with Crippen LogP contribution < -0.4 is 5.32 Å². The Hall–Kier alpha value is -1.25. The third kappa shape index (κ3) is 2.95. The van der Waals surface area contributed by atoms with Gasteiger partial charge in [-0.25, -0.2) is 0 Å². The fraction of sp³-hybridized carbons (Fsp3) is 0.333. The molecule has 0 aliphatic carbocycles. The summed E-state index contributed by atoms with van der Waals surface area (Å²) in [6, 6.07) is 10.2. The second-order valence-electron chi connectivity index (χ2n) is 4.69. The number of benzene rings is 1. The van der Waals surface area contributed by atoms with Gasteiger partial charge in [0.2, 0.25) is 0 Å². The Morgan fingerprint density at radius 1 is 1.17 bits per heavy atom. The largest absolute Gasteiger partial charge is 0.352 e. The van der Waals surface area contributed by atoms with Gasteiger partial charge in [0.05, 0.1) is 0 Å². The first-order valence-electron chi connectivity index (χ1n) is 6.15. The topological polar surface area (TPSA) is 17.0 Å². The number of aromatic nitrogens is 1. The summed E-state index contributed by atoms with van der Waals surface area (Å²) in [5, 5.41) is 4.25. The lowest BCUT2D eigenvalue weighted by Gasteiger charge is -2.06. The zero-order valence-electron chi connectivity index (χ0n) is 11.1. The first-order valence-corrected chi connectivity index (χ1v) is 6.52. The maximum absolute atomic E-state index is 5.96. The van der Waals surface area contributed by atoms with Crippen molar-refractivity contribution in [3.63, 3.8) is 0 Å². The lowest BCUT2D eigenvalue weighted by Crippen LogP contribution is -2.13. The summed E-state index contributed by atoms with van der Waals surface area (Å²) in [5.74, 6) is 0. The molecule has 0 saturated heterocycles. The number of hydrogen-bond donors (Lipinski definition) is 1. The van der Waals surface area contributed by atoms with Crippen molar-refractivity contribution in [1.82, 2.24) is 9.88 Å². The molecular weight excluding hydrogens is 244 g/mol.